The molecule has 0 radical (unpaired) electrons. The maximum absolute atomic E-state index is 12.9. The number of carbonyl (C=O) groups is 2. The van der Waals surface area contributed by atoms with Crippen LogP contribution >= 0.6 is 11.3 Å². The van der Waals surface area contributed by atoms with Crippen molar-refractivity contribution in [2.24, 2.45) is 0 Å². The number of ether oxygens (including phenoxy) is 1. The molecule has 0 unspecified atom stereocenters. The molecule has 2 aromatic rings. The molecule has 2 N–H and O–H groups in total. The Hall–Kier alpha value is -2.52. The third-order valence-electron chi connectivity index (χ3n) is 5.52. The van der Waals surface area contributed by atoms with Crippen LogP contribution in [0.5, 0.6) is 0 Å². The molecule has 174 valence electrons. The van der Waals surface area contributed by atoms with Gasteiger partial charge in [0.25, 0.3) is 0 Å². The number of pyridine rings is 1. The molecular formula is C23H33N5O3S. The average Bonchev–Trinajstić information content (AvgIpc) is 3.20. The Morgan fingerprint density at radius 1 is 1.28 bits per heavy atom. The van der Waals surface area contributed by atoms with Crippen LogP contribution in [-0.2, 0) is 20.7 Å². The minimum Gasteiger partial charge on any atom is -0.375 e. The fraction of sp³-hybridized carbons (Fsp3) is 0.565. The van der Waals surface area contributed by atoms with Crippen LogP contribution in [0.4, 0.5) is 10.9 Å². The molecule has 1 aliphatic heterocycles. The van der Waals surface area contributed by atoms with Crippen molar-refractivity contribution in [2.75, 3.05) is 32.1 Å². The number of hydrogen-bond acceptors (Lipinski definition) is 7. The van der Waals surface area contributed by atoms with Gasteiger partial charge in [0, 0.05) is 42.9 Å². The summed E-state index contributed by atoms with van der Waals surface area (Å²) in [5.74, 6) is 0.714. The van der Waals surface area contributed by atoms with E-state index < -0.39 is 5.54 Å². The van der Waals surface area contributed by atoms with Gasteiger partial charge < -0.3 is 20.3 Å². The monoisotopic (exact) mass is 459 g/mol. The van der Waals surface area contributed by atoms with Crippen molar-refractivity contribution in [3.63, 3.8) is 0 Å². The SMILES string of the molecule is CCCc1cnc(Nc2cccc(C3CCN(C(=O)C(C)(C)NC(=O)COC)CC3)n2)s1. The molecule has 9 heteroatoms. The van der Waals surface area contributed by atoms with Crippen LogP contribution in [0.3, 0.4) is 0 Å². The summed E-state index contributed by atoms with van der Waals surface area (Å²) >= 11 is 1.66. The van der Waals surface area contributed by atoms with E-state index >= 15 is 0 Å². The number of carbonyl (C=O) groups excluding carboxylic acids is 2. The van der Waals surface area contributed by atoms with Crippen LogP contribution in [0, 0.1) is 0 Å². The summed E-state index contributed by atoms with van der Waals surface area (Å²) < 4.78 is 4.84. The molecule has 2 amide bonds. The summed E-state index contributed by atoms with van der Waals surface area (Å²) in [5.41, 5.74) is 0.0644. The minimum absolute atomic E-state index is 0.0598. The smallest absolute Gasteiger partial charge is 0.247 e. The van der Waals surface area contributed by atoms with Crippen molar-refractivity contribution in [1.29, 1.82) is 0 Å². The largest absolute Gasteiger partial charge is 0.375 e. The highest BCUT2D eigenvalue weighted by molar-refractivity contribution is 7.15. The lowest BCUT2D eigenvalue weighted by atomic mass is 9.91. The van der Waals surface area contributed by atoms with Crippen LogP contribution in [-0.4, -0.2) is 59.0 Å². The van der Waals surface area contributed by atoms with Crippen LogP contribution in [0.1, 0.15) is 56.5 Å². The molecule has 0 bridgehead atoms. The number of rotatable bonds is 9. The van der Waals surface area contributed by atoms with E-state index in [0.717, 1.165) is 42.3 Å². The highest BCUT2D eigenvalue weighted by Crippen LogP contribution is 2.29. The molecule has 0 spiro atoms. The number of aryl methyl sites for hydroxylation is 1. The van der Waals surface area contributed by atoms with Crippen molar-refractivity contribution in [1.82, 2.24) is 20.2 Å². The molecule has 3 rings (SSSR count). The third-order valence-corrected chi connectivity index (χ3v) is 6.49. The number of anilines is 2. The van der Waals surface area contributed by atoms with Crippen LogP contribution in [0.25, 0.3) is 0 Å². The second kappa shape index (κ2) is 10.9. The van der Waals surface area contributed by atoms with Gasteiger partial charge >= 0.3 is 0 Å². The molecule has 0 atom stereocenters. The molecule has 2 aromatic heterocycles. The Balaban J connectivity index is 1.57. The molecule has 1 fully saturated rings. The normalized spacial score (nSPS) is 14.9. The van der Waals surface area contributed by atoms with Gasteiger partial charge in [0.15, 0.2) is 5.13 Å². The van der Waals surface area contributed by atoms with Crippen LogP contribution in [0.15, 0.2) is 24.4 Å². The zero-order valence-electron chi connectivity index (χ0n) is 19.3. The van der Waals surface area contributed by atoms with Gasteiger partial charge in [-0.15, -0.1) is 11.3 Å². The fourth-order valence-electron chi connectivity index (χ4n) is 3.93. The van der Waals surface area contributed by atoms with Gasteiger partial charge in [-0.2, -0.15) is 0 Å². The van der Waals surface area contributed by atoms with Crippen molar-refractivity contribution in [3.8, 4) is 0 Å². The van der Waals surface area contributed by atoms with Gasteiger partial charge in [-0.3, -0.25) is 9.59 Å². The number of nitrogens with one attached hydrogen (secondary N) is 2. The van der Waals surface area contributed by atoms with Crippen molar-refractivity contribution in [3.05, 3.63) is 35.0 Å². The number of piperidine rings is 1. The Bertz CT molecular complexity index is 922. The van der Waals surface area contributed by atoms with Gasteiger partial charge in [0.2, 0.25) is 11.8 Å². The van der Waals surface area contributed by atoms with Gasteiger partial charge in [-0.05, 0) is 45.2 Å². The predicted molar refractivity (Wildman–Crippen MR) is 126 cm³/mol. The lowest BCUT2D eigenvalue weighted by Gasteiger charge is -2.37. The average molecular weight is 460 g/mol. The van der Waals surface area contributed by atoms with Gasteiger partial charge in [0.1, 0.15) is 18.0 Å². The molecule has 32 heavy (non-hydrogen) atoms. The molecule has 1 aliphatic rings. The van der Waals surface area contributed by atoms with E-state index in [2.05, 4.69) is 22.5 Å². The summed E-state index contributed by atoms with van der Waals surface area (Å²) in [4.78, 5) is 37.1. The maximum Gasteiger partial charge on any atom is 0.247 e. The second-order valence-electron chi connectivity index (χ2n) is 8.63. The lowest BCUT2D eigenvalue weighted by molar-refractivity contribution is -0.142. The number of methoxy groups -OCH3 is 1. The second-order valence-corrected chi connectivity index (χ2v) is 9.74. The first-order valence-corrected chi connectivity index (χ1v) is 11.9. The van der Waals surface area contributed by atoms with E-state index in [1.807, 2.05) is 29.3 Å². The predicted octanol–water partition coefficient (Wildman–Crippen LogP) is 3.48. The van der Waals surface area contributed by atoms with E-state index in [-0.39, 0.29) is 18.4 Å². The Labute approximate surface area is 193 Å². The number of thiazole rings is 1. The first-order chi connectivity index (χ1) is 15.3. The zero-order valence-corrected chi connectivity index (χ0v) is 20.1. The van der Waals surface area contributed by atoms with E-state index in [9.17, 15) is 9.59 Å². The van der Waals surface area contributed by atoms with Crippen LogP contribution < -0.4 is 10.6 Å². The molecule has 0 aliphatic carbocycles. The Morgan fingerprint density at radius 3 is 2.72 bits per heavy atom. The van der Waals surface area contributed by atoms with Gasteiger partial charge in [0.05, 0.1) is 0 Å². The first-order valence-electron chi connectivity index (χ1n) is 11.1. The van der Waals surface area contributed by atoms with Crippen molar-refractivity contribution in [2.45, 2.75) is 57.9 Å². The van der Waals surface area contributed by atoms with Crippen molar-refractivity contribution >= 4 is 34.1 Å². The zero-order chi connectivity index (χ0) is 23.1. The minimum atomic E-state index is -0.963. The Kier molecular flexibility index (Phi) is 8.20. The number of likely N-dealkylation sites (tertiary alicyclic amines) is 1. The maximum atomic E-state index is 12.9. The summed E-state index contributed by atoms with van der Waals surface area (Å²) in [6, 6.07) is 6.01. The lowest BCUT2D eigenvalue weighted by Crippen LogP contribution is -2.57. The van der Waals surface area contributed by atoms with E-state index in [1.54, 1.807) is 25.2 Å². The van der Waals surface area contributed by atoms with Crippen LogP contribution in [0.2, 0.25) is 0 Å². The molecule has 0 saturated carbocycles. The number of aromatic nitrogens is 2. The first kappa shape index (κ1) is 24.1. The fourth-order valence-corrected chi connectivity index (χ4v) is 4.85. The van der Waals surface area contributed by atoms with Gasteiger partial charge in [-0.1, -0.05) is 19.4 Å². The highest BCUT2D eigenvalue weighted by Gasteiger charge is 2.35. The van der Waals surface area contributed by atoms with E-state index in [4.69, 9.17) is 9.72 Å². The standard InChI is InChI=1S/C23H33N5O3S/c1-5-7-17-14-24-22(32-17)26-19-9-6-8-18(25-19)16-10-12-28(13-11-16)21(30)23(2,3)27-20(29)15-31-4/h6,8-9,14,16H,5,7,10-13,15H2,1-4H3,(H,27,29)(H,24,25,26). The number of amides is 2. The summed E-state index contributed by atoms with van der Waals surface area (Å²) in [6.07, 6.45) is 5.74. The van der Waals surface area contributed by atoms with Gasteiger partial charge in [-0.25, -0.2) is 9.97 Å². The highest BCUT2D eigenvalue weighted by atomic mass is 32.1. The van der Waals surface area contributed by atoms with E-state index in [1.165, 1.54) is 12.0 Å². The summed E-state index contributed by atoms with van der Waals surface area (Å²) in [7, 11) is 1.46. The summed E-state index contributed by atoms with van der Waals surface area (Å²) in [5, 5.41) is 6.93. The third kappa shape index (κ3) is 6.26. The quantitative estimate of drug-likeness (QED) is 0.596. The number of hydrogen-bond donors (Lipinski definition) is 2. The van der Waals surface area contributed by atoms with Crippen molar-refractivity contribution < 1.29 is 14.3 Å². The summed E-state index contributed by atoms with van der Waals surface area (Å²) in [6.45, 7) is 6.84. The molecule has 0 aromatic carbocycles. The topological polar surface area (TPSA) is 96.5 Å². The molecule has 3 heterocycles. The molecule has 1 saturated heterocycles. The Morgan fingerprint density at radius 2 is 2.03 bits per heavy atom. The molecular weight excluding hydrogens is 426 g/mol. The van der Waals surface area contributed by atoms with E-state index in [0.29, 0.717) is 19.0 Å². The molecule has 8 nitrogen and oxygen atoms in total. The number of nitrogens with zero attached hydrogens (tertiary/aromatic N) is 3.